The first kappa shape index (κ1) is 17.1. The molecule has 0 spiro atoms. The molecule has 0 saturated carbocycles. The van der Waals surface area contributed by atoms with Crippen LogP contribution in [0.5, 0.6) is 5.75 Å². The van der Waals surface area contributed by atoms with Crippen LogP contribution in [0.4, 0.5) is 0 Å². The van der Waals surface area contributed by atoms with E-state index in [0.717, 1.165) is 0 Å². The van der Waals surface area contributed by atoms with Crippen LogP contribution >= 0.6 is 0 Å². The second-order valence-corrected chi connectivity index (χ2v) is 4.06. The summed E-state index contributed by atoms with van der Waals surface area (Å²) in [5.74, 6) is -0.515. The maximum Gasteiger partial charge on any atom is 0.313 e. The number of ketones is 1. The zero-order valence-corrected chi connectivity index (χ0v) is 12.3. The van der Waals surface area contributed by atoms with Gasteiger partial charge in [-0.15, -0.1) is 0 Å². The summed E-state index contributed by atoms with van der Waals surface area (Å²) in [6, 6.07) is 6.70. The first-order chi connectivity index (χ1) is 10.2. The van der Waals surface area contributed by atoms with Gasteiger partial charge in [0.2, 0.25) is 0 Å². The number of esters is 1. The van der Waals surface area contributed by atoms with Crippen molar-refractivity contribution in [1.29, 1.82) is 0 Å². The smallest absolute Gasteiger partial charge is 0.313 e. The molecular formula is C15H20O6. The van der Waals surface area contributed by atoms with Gasteiger partial charge in [-0.25, -0.2) is 0 Å². The van der Waals surface area contributed by atoms with E-state index in [1.807, 2.05) is 0 Å². The molecule has 0 aromatic heterocycles. The normalized spacial score (nSPS) is 10.2. The van der Waals surface area contributed by atoms with E-state index >= 15 is 0 Å². The Morgan fingerprint density at radius 1 is 1.14 bits per heavy atom. The van der Waals surface area contributed by atoms with Crippen molar-refractivity contribution in [3.8, 4) is 5.75 Å². The fourth-order valence-electron chi connectivity index (χ4n) is 1.57. The molecule has 0 radical (unpaired) electrons. The van der Waals surface area contributed by atoms with Gasteiger partial charge in [0, 0.05) is 7.11 Å². The highest BCUT2D eigenvalue weighted by molar-refractivity contribution is 6.07. The third-order valence-corrected chi connectivity index (χ3v) is 2.53. The second-order valence-electron chi connectivity index (χ2n) is 4.06. The molecule has 0 aliphatic rings. The summed E-state index contributed by atoms with van der Waals surface area (Å²) in [5, 5.41) is 0. The molecule has 0 fully saturated rings. The molecule has 0 atom stereocenters. The molecule has 6 nitrogen and oxygen atoms in total. The third-order valence-electron chi connectivity index (χ3n) is 2.53. The number of para-hydroxylation sites is 1. The van der Waals surface area contributed by atoms with Crippen LogP contribution in [-0.2, 0) is 19.0 Å². The van der Waals surface area contributed by atoms with E-state index in [1.165, 1.54) is 0 Å². The Kier molecular flexibility index (Phi) is 8.08. The monoisotopic (exact) mass is 296 g/mol. The van der Waals surface area contributed by atoms with Crippen LogP contribution in [0, 0.1) is 0 Å². The summed E-state index contributed by atoms with van der Waals surface area (Å²) in [6.45, 7) is 2.81. The standard InChI is InChI=1S/C15H20O6/c1-3-20-15(17)10-13(16)12-6-4-5-7-14(12)21-11-19-9-8-18-2/h4-7H,3,8-11H2,1-2H3. The van der Waals surface area contributed by atoms with E-state index < -0.39 is 5.97 Å². The van der Waals surface area contributed by atoms with Gasteiger partial charge in [0.25, 0.3) is 0 Å². The molecule has 1 aromatic carbocycles. The number of rotatable bonds is 10. The van der Waals surface area contributed by atoms with E-state index in [2.05, 4.69) is 0 Å². The van der Waals surface area contributed by atoms with E-state index in [0.29, 0.717) is 24.5 Å². The molecule has 0 heterocycles. The van der Waals surface area contributed by atoms with Gasteiger partial charge < -0.3 is 18.9 Å². The molecule has 6 heteroatoms. The van der Waals surface area contributed by atoms with Crippen molar-refractivity contribution >= 4 is 11.8 Å². The van der Waals surface area contributed by atoms with Crippen LogP contribution in [-0.4, -0.2) is 45.5 Å². The summed E-state index contributed by atoms with van der Waals surface area (Å²) in [4.78, 5) is 23.4. The second kappa shape index (κ2) is 9.90. The minimum absolute atomic E-state index is 0.00700. The molecule has 21 heavy (non-hydrogen) atoms. The number of benzene rings is 1. The van der Waals surface area contributed by atoms with E-state index in [-0.39, 0.29) is 25.6 Å². The minimum Gasteiger partial charge on any atom is -0.467 e. The van der Waals surface area contributed by atoms with Gasteiger partial charge >= 0.3 is 5.97 Å². The first-order valence-electron chi connectivity index (χ1n) is 6.66. The highest BCUT2D eigenvalue weighted by Gasteiger charge is 2.16. The molecule has 1 rings (SSSR count). The predicted octanol–water partition coefficient (Wildman–Crippen LogP) is 1.82. The van der Waals surface area contributed by atoms with Gasteiger partial charge in [-0.1, -0.05) is 12.1 Å². The Labute approximate surface area is 123 Å². The molecule has 116 valence electrons. The fraction of sp³-hybridized carbons (Fsp3) is 0.467. The van der Waals surface area contributed by atoms with Gasteiger partial charge in [0.15, 0.2) is 12.6 Å². The Morgan fingerprint density at radius 2 is 1.90 bits per heavy atom. The highest BCUT2D eigenvalue weighted by Crippen LogP contribution is 2.19. The van der Waals surface area contributed by atoms with Gasteiger partial charge in [-0.2, -0.15) is 0 Å². The zero-order valence-electron chi connectivity index (χ0n) is 12.3. The highest BCUT2D eigenvalue weighted by atomic mass is 16.7. The lowest BCUT2D eigenvalue weighted by Gasteiger charge is -2.10. The van der Waals surface area contributed by atoms with E-state index in [1.54, 1.807) is 38.3 Å². The number of carbonyl (C=O) groups is 2. The van der Waals surface area contributed by atoms with Gasteiger partial charge in [-0.05, 0) is 19.1 Å². The van der Waals surface area contributed by atoms with Crippen molar-refractivity contribution < 1.29 is 28.5 Å². The van der Waals surface area contributed by atoms with Crippen molar-refractivity contribution in [2.24, 2.45) is 0 Å². The topological polar surface area (TPSA) is 71.1 Å². The van der Waals surface area contributed by atoms with Crippen LogP contribution in [0.3, 0.4) is 0 Å². The predicted molar refractivity (Wildman–Crippen MR) is 75.3 cm³/mol. The van der Waals surface area contributed by atoms with Crippen molar-refractivity contribution in [1.82, 2.24) is 0 Å². The number of hydrogen-bond donors (Lipinski definition) is 0. The third kappa shape index (κ3) is 6.37. The number of Topliss-reactive ketones (excluding diaryl/α,β-unsaturated/α-hetero) is 1. The minimum atomic E-state index is -0.548. The van der Waals surface area contributed by atoms with Crippen LogP contribution in [0.15, 0.2) is 24.3 Å². The average molecular weight is 296 g/mol. The summed E-state index contributed by atoms with van der Waals surface area (Å²) < 4.78 is 20.2. The molecule has 0 N–H and O–H groups in total. The number of ether oxygens (including phenoxy) is 4. The van der Waals surface area contributed by atoms with Gasteiger partial charge in [0.05, 0.1) is 25.4 Å². The Bertz CT molecular complexity index is 457. The molecule has 0 bridgehead atoms. The summed E-state index contributed by atoms with van der Waals surface area (Å²) in [6.07, 6.45) is -0.307. The number of methoxy groups -OCH3 is 1. The lowest BCUT2D eigenvalue weighted by molar-refractivity contribution is -0.141. The van der Waals surface area contributed by atoms with E-state index in [9.17, 15) is 9.59 Å². The Balaban J connectivity index is 2.57. The summed E-state index contributed by atoms with van der Waals surface area (Å²) in [5.41, 5.74) is 0.334. The number of carbonyl (C=O) groups excluding carboxylic acids is 2. The van der Waals surface area contributed by atoms with E-state index in [4.69, 9.17) is 18.9 Å². The fourth-order valence-corrected chi connectivity index (χ4v) is 1.57. The molecule has 0 amide bonds. The number of hydrogen-bond acceptors (Lipinski definition) is 6. The lowest BCUT2D eigenvalue weighted by atomic mass is 10.1. The van der Waals surface area contributed by atoms with Gasteiger partial charge in [0.1, 0.15) is 12.2 Å². The Morgan fingerprint density at radius 3 is 2.62 bits per heavy atom. The van der Waals surface area contributed by atoms with Crippen molar-refractivity contribution in [3.63, 3.8) is 0 Å². The maximum atomic E-state index is 12.0. The quantitative estimate of drug-likeness (QED) is 0.216. The van der Waals surface area contributed by atoms with Crippen molar-refractivity contribution in [3.05, 3.63) is 29.8 Å². The molecule has 1 aromatic rings. The zero-order chi connectivity index (χ0) is 15.5. The average Bonchev–Trinajstić information content (AvgIpc) is 2.47. The van der Waals surface area contributed by atoms with Crippen LogP contribution in [0.25, 0.3) is 0 Å². The molecule has 0 saturated heterocycles. The summed E-state index contributed by atoms with van der Waals surface area (Å²) >= 11 is 0. The lowest BCUT2D eigenvalue weighted by Crippen LogP contribution is -2.14. The summed E-state index contributed by atoms with van der Waals surface area (Å²) in [7, 11) is 1.58. The Hall–Kier alpha value is -1.92. The maximum absolute atomic E-state index is 12.0. The van der Waals surface area contributed by atoms with Crippen LogP contribution in [0.1, 0.15) is 23.7 Å². The first-order valence-corrected chi connectivity index (χ1v) is 6.66. The largest absolute Gasteiger partial charge is 0.467 e. The van der Waals surface area contributed by atoms with Crippen molar-refractivity contribution in [2.45, 2.75) is 13.3 Å². The van der Waals surface area contributed by atoms with Gasteiger partial charge in [-0.3, -0.25) is 9.59 Å². The molecule has 0 unspecified atom stereocenters. The molecular weight excluding hydrogens is 276 g/mol. The molecule has 0 aliphatic carbocycles. The SMILES string of the molecule is CCOC(=O)CC(=O)c1ccccc1OCOCCOC. The van der Waals surface area contributed by atoms with Crippen LogP contribution in [0.2, 0.25) is 0 Å². The van der Waals surface area contributed by atoms with Crippen LogP contribution < -0.4 is 4.74 Å². The van der Waals surface area contributed by atoms with Crippen molar-refractivity contribution in [2.75, 3.05) is 33.7 Å². The molecule has 0 aliphatic heterocycles.